The first-order valence-corrected chi connectivity index (χ1v) is 11.5. The summed E-state index contributed by atoms with van der Waals surface area (Å²) in [4.78, 5) is 13.6. The van der Waals surface area contributed by atoms with Crippen LogP contribution in [0.1, 0.15) is 23.9 Å². The monoisotopic (exact) mass is 532 g/mol. The maximum Gasteiger partial charge on any atom is 0.134 e. The summed E-state index contributed by atoms with van der Waals surface area (Å²) in [6, 6.07) is 15.8. The van der Waals surface area contributed by atoms with Crippen molar-refractivity contribution in [3.8, 4) is 5.75 Å². The molecule has 0 amide bonds. The molecule has 0 aliphatic carbocycles. The van der Waals surface area contributed by atoms with E-state index in [-0.39, 0.29) is 5.75 Å². The Hall–Kier alpha value is -1.80. The SMILES string of the molecule is CCN(CCN(Cc1ccccn1)Cc1cc(Br)cc(Br)c1O)Cc1ccccn1. The minimum atomic E-state index is 0.282. The van der Waals surface area contributed by atoms with Gasteiger partial charge >= 0.3 is 0 Å². The quantitative estimate of drug-likeness (QED) is 0.386. The molecule has 0 saturated carbocycles. The Bertz CT molecular complexity index is 925. The Morgan fingerprint density at radius 3 is 2.00 bits per heavy atom. The second kappa shape index (κ2) is 11.6. The number of halogens is 2. The Kier molecular flexibility index (Phi) is 8.81. The summed E-state index contributed by atoms with van der Waals surface area (Å²) in [5, 5.41) is 10.5. The standard InChI is InChI=1S/C23H26Br2N4O/c1-2-28(16-20-7-3-5-9-26-20)11-12-29(17-21-8-4-6-10-27-21)15-18-13-19(24)14-22(25)23(18)30/h3-10,13-14,30H,2,11-12,15-17H2,1H3. The van der Waals surface area contributed by atoms with Crippen molar-refractivity contribution in [3.63, 3.8) is 0 Å². The van der Waals surface area contributed by atoms with Gasteiger partial charge in [0.1, 0.15) is 5.75 Å². The van der Waals surface area contributed by atoms with Gasteiger partial charge < -0.3 is 5.11 Å². The zero-order chi connectivity index (χ0) is 21.3. The third-order valence-electron chi connectivity index (χ3n) is 4.90. The third kappa shape index (κ3) is 6.87. The van der Waals surface area contributed by atoms with Gasteiger partial charge in [-0.3, -0.25) is 19.8 Å². The Balaban J connectivity index is 1.72. The zero-order valence-corrected chi connectivity index (χ0v) is 20.2. The number of rotatable bonds is 10. The fourth-order valence-electron chi connectivity index (χ4n) is 3.27. The van der Waals surface area contributed by atoms with E-state index in [9.17, 15) is 5.11 Å². The predicted octanol–water partition coefficient (Wildman–Crippen LogP) is 5.23. The van der Waals surface area contributed by atoms with Crippen molar-refractivity contribution in [1.29, 1.82) is 0 Å². The Morgan fingerprint density at radius 2 is 1.43 bits per heavy atom. The lowest BCUT2D eigenvalue weighted by molar-refractivity contribution is 0.189. The summed E-state index contributed by atoms with van der Waals surface area (Å²) < 4.78 is 1.63. The molecule has 1 aromatic carbocycles. The van der Waals surface area contributed by atoms with Crippen LogP contribution in [0, 0.1) is 0 Å². The number of pyridine rings is 2. The lowest BCUT2D eigenvalue weighted by atomic mass is 10.1. The first-order chi connectivity index (χ1) is 14.5. The van der Waals surface area contributed by atoms with E-state index in [0.29, 0.717) is 17.6 Å². The van der Waals surface area contributed by atoms with Crippen LogP contribution in [0.4, 0.5) is 0 Å². The van der Waals surface area contributed by atoms with Crippen LogP contribution < -0.4 is 0 Å². The van der Waals surface area contributed by atoms with E-state index < -0.39 is 0 Å². The van der Waals surface area contributed by atoms with Crippen LogP contribution in [0.15, 0.2) is 69.9 Å². The minimum Gasteiger partial charge on any atom is -0.506 e. The summed E-state index contributed by atoms with van der Waals surface area (Å²) >= 11 is 6.97. The second-order valence-corrected chi connectivity index (χ2v) is 8.89. The molecule has 0 aliphatic rings. The van der Waals surface area contributed by atoms with Crippen LogP contribution in [-0.4, -0.2) is 44.5 Å². The van der Waals surface area contributed by atoms with E-state index in [4.69, 9.17) is 0 Å². The molecule has 2 heterocycles. The number of hydrogen-bond acceptors (Lipinski definition) is 5. The van der Waals surface area contributed by atoms with Crippen LogP contribution in [0.25, 0.3) is 0 Å². The summed E-state index contributed by atoms with van der Waals surface area (Å²) in [5.41, 5.74) is 2.96. The number of likely N-dealkylation sites (N-methyl/N-ethyl adjacent to an activating group) is 1. The fraction of sp³-hybridized carbons (Fsp3) is 0.304. The largest absolute Gasteiger partial charge is 0.506 e. The normalized spacial score (nSPS) is 11.4. The molecule has 3 rings (SSSR count). The van der Waals surface area contributed by atoms with Crippen molar-refractivity contribution in [1.82, 2.24) is 19.8 Å². The van der Waals surface area contributed by atoms with E-state index >= 15 is 0 Å². The Labute approximate surface area is 195 Å². The summed E-state index contributed by atoms with van der Waals surface area (Å²) in [5.74, 6) is 0.282. The highest BCUT2D eigenvalue weighted by Gasteiger charge is 2.15. The fourth-order valence-corrected chi connectivity index (χ4v) is 4.58. The highest BCUT2D eigenvalue weighted by atomic mass is 79.9. The van der Waals surface area contributed by atoms with Crippen molar-refractivity contribution >= 4 is 31.9 Å². The van der Waals surface area contributed by atoms with Crippen molar-refractivity contribution in [2.75, 3.05) is 19.6 Å². The number of hydrogen-bond donors (Lipinski definition) is 1. The van der Waals surface area contributed by atoms with E-state index in [1.807, 2.05) is 54.9 Å². The number of aromatic nitrogens is 2. The highest BCUT2D eigenvalue weighted by Crippen LogP contribution is 2.32. The molecule has 5 nitrogen and oxygen atoms in total. The molecule has 1 N–H and O–H groups in total. The van der Waals surface area contributed by atoms with E-state index in [2.05, 4.69) is 64.6 Å². The number of nitrogens with zero attached hydrogens (tertiary/aromatic N) is 4. The minimum absolute atomic E-state index is 0.282. The summed E-state index contributed by atoms with van der Waals surface area (Å²) in [6.07, 6.45) is 3.66. The van der Waals surface area contributed by atoms with E-state index in [0.717, 1.165) is 47.6 Å². The molecular weight excluding hydrogens is 508 g/mol. The Morgan fingerprint density at radius 1 is 0.833 bits per heavy atom. The third-order valence-corrected chi connectivity index (χ3v) is 5.97. The number of benzene rings is 1. The van der Waals surface area contributed by atoms with Crippen LogP contribution in [0.5, 0.6) is 5.75 Å². The molecule has 0 radical (unpaired) electrons. The molecule has 3 aromatic rings. The molecule has 0 saturated heterocycles. The molecule has 0 aliphatic heterocycles. The van der Waals surface area contributed by atoms with Crippen LogP contribution in [0.2, 0.25) is 0 Å². The average Bonchev–Trinajstić information content (AvgIpc) is 2.75. The van der Waals surface area contributed by atoms with Gasteiger partial charge in [0.25, 0.3) is 0 Å². The molecule has 30 heavy (non-hydrogen) atoms. The first-order valence-electron chi connectivity index (χ1n) is 9.96. The van der Waals surface area contributed by atoms with E-state index in [1.54, 1.807) is 0 Å². The van der Waals surface area contributed by atoms with Gasteiger partial charge in [-0.2, -0.15) is 0 Å². The topological polar surface area (TPSA) is 52.5 Å². The van der Waals surface area contributed by atoms with Gasteiger partial charge in [0.2, 0.25) is 0 Å². The zero-order valence-electron chi connectivity index (χ0n) is 17.0. The van der Waals surface area contributed by atoms with Gasteiger partial charge in [-0.25, -0.2) is 0 Å². The molecule has 0 fully saturated rings. The molecule has 0 atom stereocenters. The van der Waals surface area contributed by atoms with Crippen molar-refractivity contribution in [2.45, 2.75) is 26.6 Å². The van der Waals surface area contributed by atoms with Gasteiger partial charge in [-0.15, -0.1) is 0 Å². The molecule has 0 bridgehead atoms. The van der Waals surface area contributed by atoms with Crippen molar-refractivity contribution in [2.24, 2.45) is 0 Å². The van der Waals surface area contributed by atoms with Crippen LogP contribution >= 0.6 is 31.9 Å². The van der Waals surface area contributed by atoms with Gasteiger partial charge in [-0.05, 0) is 58.9 Å². The van der Waals surface area contributed by atoms with E-state index in [1.165, 1.54) is 0 Å². The lowest BCUT2D eigenvalue weighted by Gasteiger charge is -2.27. The maximum absolute atomic E-state index is 10.5. The number of phenolic OH excluding ortho intramolecular Hbond substituents is 1. The predicted molar refractivity (Wildman–Crippen MR) is 127 cm³/mol. The van der Waals surface area contributed by atoms with Crippen molar-refractivity contribution in [3.05, 3.63) is 86.8 Å². The first kappa shape index (κ1) is 22.9. The molecule has 158 valence electrons. The van der Waals surface area contributed by atoms with Gasteiger partial charge in [0.15, 0.2) is 0 Å². The van der Waals surface area contributed by atoms with Gasteiger partial charge in [0, 0.05) is 55.2 Å². The maximum atomic E-state index is 10.5. The van der Waals surface area contributed by atoms with Gasteiger partial charge in [-0.1, -0.05) is 35.0 Å². The smallest absolute Gasteiger partial charge is 0.134 e. The molecule has 7 heteroatoms. The van der Waals surface area contributed by atoms with Crippen LogP contribution in [-0.2, 0) is 19.6 Å². The summed E-state index contributed by atoms with van der Waals surface area (Å²) in [7, 11) is 0. The molecule has 0 unspecified atom stereocenters. The number of phenols is 1. The molecule has 0 spiro atoms. The highest BCUT2D eigenvalue weighted by molar-refractivity contribution is 9.11. The van der Waals surface area contributed by atoms with Gasteiger partial charge in [0.05, 0.1) is 15.9 Å². The molecular formula is C23H26Br2N4O. The van der Waals surface area contributed by atoms with Crippen molar-refractivity contribution < 1.29 is 5.11 Å². The molecule has 2 aromatic heterocycles. The summed E-state index contributed by atoms with van der Waals surface area (Å²) in [6.45, 7) is 7.03. The second-order valence-electron chi connectivity index (χ2n) is 7.12. The average molecular weight is 534 g/mol. The number of aromatic hydroxyl groups is 1. The lowest BCUT2D eigenvalue weighted by Crippen LogP contribution is -2.34. The van der Waals surface area contributed by atoms with Crippen LogP contribution in [0.3, 0.4) is 0 Å².